The molecule has 0 aromatic heterocycles. The van der Waals surface area contributed by atoms with Gasteiger partial charge < -0.3 is 5.32 Å². The van der Waals surface area contributed by atoms with Crippen molar-refractivity contribution < 1.29 is 22.0 Å². The number of carbonyl (C=O) groups is 1. The molecule has 0 fully saturated rings. The van der Waals surface area contributed by atoms with Crippen LogP contribution in [0, 0.1) is 11.6 Å². The molecule has 0 saturated carbocycles. The normalized spacial score (nSPS) is 12.4. The minimum absolute atomic E-state index is 0.0832. The third-order valence-electron chi connectivity index (χ3n) is 4.29. The summed E-state index contributed by atoms with van der Waals surface area (Å²) in [5.41, 5.74) is -0.0536. The summed E-state index contributed by atoms with van der Waals surface area (Å²) >= 11 is 11.9. The van der Waals surface area contributed by atoms with Crippen LogP contribution in [0.25, 0.3) is 0 Å². The largest absolute Gasteiger partial charge is 0.320 e. The van der Waals surface area contributed by atoms with Crippen LogP contribution in [-0.4, -0.2) is 20.4 Å². The molecule has 0 aliphatic heterocycles. The van der Waals surface area contributed by atoms with Crippen molar-refractivity contribution in [3.05, 3.63) is 94.0 Å². The van der Waals surface area contributed by atoms with Crippen molar-refractivity contribution in [1.29, 1.82) is 0 Å². The van der Waals surface area contributed by atoms with Gasteiger partial charge >= 0.3 is 0 Å². The Balaban J connectivity index is 1.94. The Hall–Kier alpha value is -2.52. The Morgan fingerprint density at radius 1 is 0.935 bits per heavy atom. The number of halogens is 4. The van der Waals surface area contributed by atoms with Crippen molar-refractivity contribution in [2.75, 3.05) is 5.32 Å². The number of carbonyl (C=O) groups excluding carboxylic acids is 1. The minimum Gasteiger partial charge on any atom is -0.320 e. The Morgan fingerprint density at radius 2 is 1.58 bits per heavy atom. The van der Waals surface area contributed by atoms with Crippen LogP contribution in [0.15, 0.2) is 71.6 Å². The molecule has 162 valence electrons. The number of anilines is 1. The molecule has 10 heteroatoms. The van der Waals surface area contributed by atoms with Crippen molar-refractivity contribution in [3.8, 4) is 0 Å². The second kappa shape index (κ2) is 9.74. The summed E-state index contributed by atoms with van der Waals surface area (Å²) in [6.45, 7) is 0. The second-order valence-electron chi connectivity index (χ2n) is 6.52. The lowest BCUT2D eigenvalue weighted by Crippen LogP contribution is -2.45. The van der Waals surface area contributed by atoms with Gasteiger partial charge in [-0.05, 0) is 42.3 Å². The molecule has 0 aliphatic carbocycles. The van der Waals surface area contributed by atoms with E-state index in [1.807, 2.05) is 0 Å². The molecule has 0 heterocycles. The van der Waals surface area contributed by atoms with E-state index in [1.165, 1.54) is 12.1 Å². The number of benzene rings is 3. The first-order valence-electron chi connectivity index (χ1n) is 8.93. The lowest BCUT2D eigenvalue weighted by atomic mass is 10.1. The zero-order chi connectivity index (χ0) is 22.6. The Labute approximate surface area is 188 Å². The topological polar surface area (TPSA) is 75.3 Å². The number of hydrogen-bond acceptors (Lipinski definition) is 3. The quantitative estimate of drug-likeness (QED) is 0.505. The predicted molar refractivity (Wildman–Crippen MR) is 116 cm³/mol. The number of hydrogen-bond donors (Lipinski definition) is 2. The van der Waals surface area contributed by atoms with E-state index in [0.717, 1.165) is 24.3 Å². The first kappa shape index (κ1) is 23.1. The predicted octanol–water partition coefficient (Wildman–Crippen LogP) is 4.80. The molecule has 1 atom stereocenters. The van der Waals surface area contributed by atoms with Crippen molar-refractivity contribution in [2.24, 2.45) is 0 Å². The second-order valence-corrected chi connectivity index (χ2v) is 9.05. The SMILES string of the molecule is O=C(Nc1c(F)cccc1F)[C@H](Cc1ccccc1)NS(=O)(=O)c1cc(Cl)ccc1Cl. The summed E-state index contributed by atoms with van der Waals surface area (Å²) < 4.78 is 56.0. The van der Waals surface area contributed by atoms with Gasteiger partial charge in [-0.15, -0.1) is 0 Å². The molecule has 3 rings (SSSR count). The van der Waals surface area contributed by atoms with E-state index in [1.54, 1.807) is 30.3 Å². The number of sulfonamides is 1. The van der Waals surface area contributed by atoms with E-state index < -0.39 is 39.3 Å². The van der Waals surface area contributed by atoms with Crippen molar-refractivity contribution >= 4 is 44.8 Å². The minimum atomic E-state index is -4.31. The summed E-state index contributed by atoms with van der Waals surface area (Å²) in [6.07, 6.45) is -0.0832. The summed E-state index contributed by atoms with van der Waals surface area (Å²) in [4.78, 5) is 12.5. The lowest BCUT2D eigenvalue weighted by molar-refractivity contribution is -0.117. The Morgan fingerprint density at radius 3 is 2.23 bits per heavy atom. The van der Waals surface area contributed by atoms with Crippen LogP contribution in [0.1, 0.15) is 5.56 Å². The number of amides is 1. The maximum absolute atomic E-state index is 14.0. The summed E-state index contributed by atoms with van der Waals surface area (Å²) in [5, 5.41) is 2.15. The molecule has 3 aromatic carbocycles. The standard InChI is InChI=1S/C21H16Cl2F2N2O3S/c22-14-9-10-15(23)19(12-14)31(29,30)27-18(11-13-5-2-1-3-6-13)21(28)26-20-16(24)7-4-8-17(20)25/h1-10,12,18,27H,11H2,(H,26,28)/t18-/m0/s1. The highest BCUT2D eigenvalue weighted by Gasteiger charge is 2.29. The van der Waals surface area contributed by atoms with Crippen LogP contribution in [-0.2, 0) is 21.2 Å². The highest BCUT2D eigenvalue weighted by atomic mass is 35.5. The fourth-order valence-electron chi connectivity index (χ4n) is 2.80. The van der Waals surface area contributed by atoms with Gasteiger partial charge in [0.1, 0.15) is 28.3 Å². The van der Waals surface area contributed by atoms with Crippen molar-refractivity contribution in [3.63, 3.8) is 0 Å². The summed E-state index contributed by atoms with van der Waals surface area (Å²) in [6, 6.07) is 14.1. The first-order valence-corrected chi connectivity index (χ1v) is 11.2. The van der Waals surface area contributed by atoms with Gasteiger partial charge in [0.2, 0.25) is 15.9 Å². The molecule has 0 spiro atoms. The third kappa shape index (κ3) is 5.80. The monoisotopic (exact) mass is 484 g/mol. The van der Waals surface area contributed by atoms with E-state index in [4.69, 9.17) is 23.2 Å². The van der Waals surface area contributed by atoms with E-state index in [9.17, 15) is 22.0 Å². The van der Waals surface area contributed by atoms with E-state index in [2.05, 4.69) is 10.0 Å². The van der Waals surface area contributed by atoms with Crippen molar-refractivity contribution in [2.45, 2.75) is 17.4 Å². The van der Waals surface area contributed by atoms with E-state index in [0.29, 0.717) is 5.56 Å². The van der Waals surface area contributed by atoms with Gasteiger partial charge in [0.25, 0.3) is 0 Å². The van der Waals surface area contributed by atoms with Gasteiger partial charge in [-0.3, -0.25) is 4.79 Å². The maximum Gasteiger partial charge on any atom is 0.243 e. The molecule has 3 aromatic rings. The highest BCUT2D eigenvalue weighted by Crippen LogP contribution is 2.26. The zero-order valence-electron chi connectivity index (χ0n) is 15.8. The molecular formula is C21H16Cl2F2N2O3S. The van der Waals surface area contributed by atoms with E-state index >= 15 is 0 Å². The van der Waals surface area contributed by atoms with Gasteiger partial charge in [0.05, 0.1) is 5.02 Å². The smallest absolute Gasteiger partial charge is 0.243 e. The fraction of sp³-hybridized carbons (Fsp3) is 0.0952. The van der Waals surface area contributed by atoms with Crippen LogP contribution in [0.4, 0.5) is 14.5 Å². The molecule has 0 radical (unpaired) electrons. The fourth-order valence-corrected chi connectivity index (χ4v) is 4.76. The number of para-hydroxylation sites is 1. The van der Waals surface area contributed by atoms with Crippen LogP contribution >= 0.6 is 23.2 Å². The molecule has 0 bridgehead atoms. The first-order chi connectivity index (χ1) is 14.7. The molecule has 1 amide bonds. The molecule has 0 saturated heterocycles. The van der Waals surface area contributed by atoms with Crippen LogP contribution in [0.2, 0.25) is 10.0 Å². The average molecular weight is 485 g/mol. The zero-order valence-corrected chi connectivity index (χ0v) is 18.1. The van der Waals surface area contributed by atoms with E-state index in [-0.39, 0.29) is 21.4 Å². The van der Waals surface area contributed by atoms with Crippen LogP contribution in [0.5, 0.6) is 0 Å². The average Bonchev–Trinajstić information content (AvgIpc) is 2.72. The van der Waals surface area contributed by atoms with Gasteiger partial charge in [0, 0.05) is 5.02 Å². The number of rotatable bonds is 7. The van der Waals surface area contributed by atoms with Gasteiger partial charge in [-0.1, -0.05) is 59.6 Å². The van der Waals surface area contributed by atoms with Gasteiger partial charge in [-0.2, -0.15) is 4.72 Å². The molecule has 5 nitrogen and oxygen atoms in total. The Kier molecular flexibility index (Phi) is 7.27. The lowest BCUT2D eigenvalue weighted by Gasteiger charge is -2.19. The maximum atomic E-state index is 14.0. The number of nitrogens with one attached hydrogen (secondary N) is 2. The summed E-state index contributed by atoms with van der Waals surface area (Å²) in [5.74, 6) is -2.94. The van der Waals surface area contributed by atoms with Crippen LogP contribution < -0.4 is 10.0 Å². The van der Waals surface area contributed by atoms with Crippen molar-refractivity contribution in [1.82, 2.24) is 4.72 Å². The molecule has 2 N–H and O–H groups in total. The highest BCUT2D eigenvalue weighted by molar-refractivity contribution is 7.89. The molecule has 31 heavy (non-hydrogen) atoms. The van der Waals surface area contributed by atoms with Gasteiger partial charge in [-0.25, -0.2) is 17.2 Å². The van der Waals surface area contributed by atoms with Crippen LogP contribution in [0.3, 0.4) is 0 Å². The third-order valence-corrected chi connectivity index (χ3v) is 6.48. The Bertz CT molecular complexity index is 1190. The molecule has 0 aliphatic rings. The summed E-state index contributed by atoms with van der Waals surface area (Å²) in [7, 11) is -4.31. The van der Waals surface area contributed by atoms with Gasteiger partial charge in [0.15, 0.2) is 0 Å². The molecule has 0 unspecified atom stereocenters. The molecular weight excluding hydrogens is 469 g/mol.